The van der Waals surface area contributed by atoms with Gasteiger partial charge in [-0.25, -0.2) is 19.7 Å². The van der Waals surface area contributed by atoms with Crippen LogP contribution in [-0.4, -0.2) is 38.8 Å². The van der Waals surface area contributed by atoms with E-state index in [1.807, 2.05) is 19.2 Å². The fourth-order valence-corrected chi connectivity index (χ4v) is 5.42. The number of methoxy groups -OCH3 is 1. The maximum Gasteiger partial charge on any atom is 0.414 e. The van der Waals surface area contributed by atoms with Gasteiger partial charge in [0.15, 0.2) is 0 Å². The van der Waals surface area contributed by atoms with Crippen molar-refractivity contribution in [3.05, 3.63) is 47.3 Å². The molecule has 1 fully saturated rings. The number of benzene rings is 1. The van der Waals surface area contributed by atoms with E-state index in [4.69, 9.17) is 9.72 Å². The third-order valence-electron chi connectivity index (χ3n) is 7.00. The molecule has 0 saturated heterocycles. The number of ether oxygens (including phenoxy) is 1. The highest BCUT2D eigenvalue weighted by Crippen LogP contribution is 2.39. The molecule has 0 unspecified atom stereocenters. The molecule has 0 N–H and O–H groups in total. The molecule has 5 rings (SSSR count). The summed E-state index contributed by atoms with van der Waals surface area (Å²) in [5.41, 5.74) is 5.21. The highest BCUT2D eigenvalue weighted by Gasteiger charge is 2.32. The molecule has 7 nitrogen and oxygen atoms in total. The van der Waals surface area contributed by atoms with E-state index in [9.17, 15) is 4.79 Å². The van der Waals surface area contributed by atoms with Crippen LogP contribution in [-0.2, 0) is 17.6 Å². The van der Waals surface area contributed by atoms with E-state index in [-0.39, 0.29) is 12.1 Å². The van der Waals surface area contributed by atoms with E-state index < -0.39 is 0 Å². The van der Waals surface area contributed by atoms with Gasteiger partial charge in [0.1, 0.15) is 11.6 Å². The minimum absolute atomic E-state index is 0.105. The number of imidazole rings is 1. The highest BCUT2D eigenvalue weighted by atomic mass is 16.5. The lowest BCUT2D eigenvalue weighted by Crippen LogP contribution is -2.42. The summed E-state index contributed by atoms with van der Waals surface area (Å²) >= 11 is 0. The number of fused-ring (bicyclic) bond motifs is 3. The van der Waals surface area contributed by atoms with Gasteiger partial charge in [-0.15, -0.1) is 0 Å². The largest absolute Gasteiger partial charge is 0.452 e. The summed E-state index contributed by atoms with van der Waals surface area (Å²) in [6.07, 6.45) is 10.1. The van der Waals surface area contributed by atoms with Crippen molar-refractivity contribution in [2.24, 2.45) is 0 Å². The smallest absolute Gasteiger partial charge is 0.414 e. The standard InChI is InChI=1S/C25H31N5O2/c1-16-13-14-26-22(27-16)15-23-28-24-19-10-9-17(2)29(25(31)32-3)20(19)11-12-21(24)30(23)18-7-5-4-6-8-18/h11-14,17-18H,4-10,15H2,1-3H3/t17-/m0/s1. The molecule has 1 amide bonds. The zero-order valence-corrected chi connectivity index (χ0v) is 19.2. The molecule has 32 heavy (non-hydrogen) atoms. The van der Waals surface area contributed by atoms with Crippen LogP contribution in [0.1, 0.15) is 74.4 Å². The number of amides is 1. The fraction of sp³-hybridized carbons (Fsp3) is 0.520. The Bertz CT molecular complexity index is 1150. The van der Waals surface area contributed by atoms with Crippen LogP contribution >= 0.6 is 0 Å². The van der Waals surface area contributed by atoms with Crippen molar-refractivity contribution >= 4 is 22.8 Å². The first-order valence-electron chi connectivity index (χ1n) is 11.7. The Labute approximate surface area is 188 Å². The number of aryl methyl sites for hydroxylation is 2. The molecule has 1 aliphatic carbocycles. The lowest BCUT2D eigenvalue weighted by Gasteiger charge is -2.34. The fourth-order valence-electron chi connectivity index (χ4n) is 5.42. The molecular weight excluding hydrogens is 402 g/mol. The lowest BCUT2D eigenvalue weighted by molar-refractivity contribution is 0.175. The van der Waals surface area contributed by atoms with Gasteiger partial charge in [-0.3, -0.25) is 4.90 Å². The van der Waals surface area contributed by atoms with Gasteiger partial charge in [-0.05, 0) is 57.7 Å². The van der Waals surface area contributed by atoms with Gasteiger partial charge < -0.3 is 9.30 Å². The van der Waals surface area contributed by atoms with Gasteiger partial charge >= 0.3 is 6.09 Å². The van der Waals surface area contributed by atoms with E-state index in [1.54, 1.807) is 4.90 Å². The first kappa shape index (κ1) is 20.9. The predicted molar refractivity (Wildman–Crippen MR) is 124 cm³/mol. The molecule has 1 saturated carbocycles. The van der Waals surface area contributed by atoms with E-state index in [1.165, 1.54) is 39.2 Å². The van der Waals surface area contributed by atoms with Crippen molar-refractivity contribution in [3.8, 4) is 0 Å². The summed E-state index contributed by atoms with van der Waals surface area (Å²) < 4.78 is 7.53. The van der Waals surface area contributed by atoms with Crippen LogP contribution in [0, 0.1) is 6.92 Å². The first-order valence-corrected chi connectivity index (χ1v) is 11.7. The number of carbonyl (C=O) groups excluding carboxylic acids is 1. The predicted octanol–water partition coefficient (Wildman–Crippen LogP) is 5.14. The Morgan fingerprint density at radius 1 is 1.12 bits per heavy atom. The maximum atomic E-state index is 12.5. The van der Waals surface area contributed by atoms with Crippen LogP contribution in [0.3, 0.4) is 0 Å². The van der Waals surface area contributed by atoms with E-state index in [0.29, 0.717) is 12.5 Å². The zero-order chi connectivity index (χ0) is 22.2. The lowest BCUT2D eigenvalue weighted by atomic mass is 9.94. The molecule has 0 bridgehead atoms. The van der Waals surface area contributed by atoms with Crippen LogP contribution in [0.2, 0.25) is 0 Å². The van der Waals surface area contributed by atoms with Crippen LogP contribution < -0.4 is 4.90 Å². The highest BCUT2D eigenvalue weighted by molar-refractivity contribution is 5.95. The molecule has 1 atom stereocenters. The molecule has 7 heteroatoms. The van der Waals surface area contributed by atoms with Gasteiger partial charge in [0.25, 0.3) is 0 Å². The normalized spacial score (nSPS) is 19.2. The van der Waals surface area contributed by atoms with Crippen molar-refractivity contribution in [1.82, 2.24) is 19.5 Å². The molecule has 3 aromatic rings. The van der Waals surface area contributed by atoms with Crippen LogP contribution in [0.15, 0.2) is 24.4 Å². The van der Waals surface area contributed by atoms with Gasteiger partial charge in [-0.2, -0.15) is 0 Å². The molecule has 1 aromatic carbocycles. The summed E-state index contributed by atoms with van der Waals surface area (Å²) in [7, 11) is 1.44. The van der Waals surface area contributed by atoms with Crippen molar-refractivity contribution < 1.29 is 9.53 Å². The number of hydrogen-bond acceptors (Lipinski definition) is 5. The third-order valence-corrected chi connectivity index (χ3v) is 7.00. The molecule has 2 aliphatic rings. The monoisotopic (exact) mass is 433 g/mol. The summed E-state index contributed by atoms with van der Waals surface area (Å²) in [4.78, 5) is 28.6. The molecule has 168 valence electrons. The molecule has 3 heterocycles. The third kappa shape index (κ3) is 3.63. The second-order valence-corrected chi connectivity index (χ2v) is 9.14. The number of anilines is 1. The Hall–Kier alpha value is -2.96. The van der Waals surface area contributed by atoms with Crippen LogP contribution in [0.25, 0.3) is 11.0 Å². The summed E-state index contributed by atoms with van der Waals surface area (Å²) in [5, 5.41) is 0. The quantitative estimate of drug-likeness (QED) is 0.572. The minimum Gasteiger partial charge on any atom is -0.452 e. The first-order chi connectivity index (χ1) is 15.6. The number of aromatic nitrogens is 4. The Kier molecular flexibility index (Phi) is 5.57. The number of hydrogen-bond donors (Lipinski definition) is 0. The van der Waals surface area contributed by atoms with Crippen LogP contribution in [0.5, 0.6) is 0 Å². The Morgan fingerprint density at radius 3 is 2.69 bits per heavy atom. The average molecular weight is 434 g/mol. The Balaban J connectivity index is 1.66. The molecule has 1 aliphatic heterocycles. The van der Waals surface area contributed by atoms with Gasteiger partial charge in [0, 0.05) is 29.5 Å². The molecular formula is C25H31N5O2. The van der Waals surface area contributed by atoms with E-state index >= 15 is 0 Å². The number of rotatable bonds is 3. The minimum atomic E-state index is -0.308. The van der Waals surface area contributed by atoms with Crippen molar-refractivity contribution in [2.45, 2.75) is 77.3 Å². The van der Waals surface area contributed by atoms with E-state index in [2.05, 4.69) is 33.6 Å². The van der Waals surface area contributed by atoms with E-state index in [0.717, 1.165) is 52.5 Å². The number of nitrogens with zero attached hydrogens (tertiary/aromatic N) is 5. The second kappa shape index (κ2) is 8.52. The zero-order valence-electron chi connectivity index (χ0n) is 19.2. The van der Waals surface area contributed by atoms with Crippen molar-refractivity contribution in [2.75, 3.05) is 12.0 Å². The Morgan fingerprint density at radius 2 is 1.94 bits per heavy atom. The molecule has 2 aromatic heterocycles. The maximum absolute atomic E-state index is 12.5. The van der Waals surface area contributed by atoms with Gasteiger partial charge in [-0.1, -0.05) is 19.3 Å². The van der Waals surface area contributed by atoms with Crippen molar-refractivity contribution in [1.29, 1.82) is 0 Å². The van der Waals surface area contributed by atoms with Gasteiger partial charge in [0.05, 0.1) is 30.3 Å². The topological polar surface area (TPSA) is 73.1 Å². The molecule has 0 radical (unpaired) electrons. The average Bonchev–Trinajstić information content (AvgIpc) is 3.17. The summed E-state index contributed by atoms with van der Waals surface area (Å²) in [6.45, 7) is 4.07. The van der Waals surface area contributed by atoms with Crippen LogP contribution in [0.4, 0.5) is 10.5 Å². The van der Waals surface area contributed by atoms with Gasteiger partial charge in [0.2, 0.25) is 0 Å². The molecule has 0 spiro atoms. The number of carbonyl (C=O) groups is 1. The van der Waals surface area contributed by atoms with Crippen molar-refractivity contribution in [3.63, 3.8) is 0 Å². The second-order valence-electron chi connectivity index (χ2n) is 9.14. The SMILES string of the molecule is COC(=O)N1c2ccc3c(nc(Cc4nccc(C)n4)n3C3CCCCC3)c2CC[C@@H]1C. The summed E-state index contributed by atoms with van der Waals surface area (Å²) in [5.74, 6) is 1.82. The summed E-state index contributed by atoms with van der Waals surface area (Å²) in [6, 6.07) is 6.70.